The number of sulfonamides is 1. The van der Waals surface area contributed by atoms with Crippen molar-refractivity contribution in [1.29, 1.82) is 0 Å². The smallest absolute Gasteiger partial charge is 0.226 e. The quantitative estimate of drug-likeness (QED) is 0.544. The Morgan fingerprint density at radius 1 is 0.824 bits per heavy atom. The van der Waals surface area contributed by atoms with Gasteiger partial charge >= 0.3 is 12.4 Å². The summed E-state index contributed by atoms with van der Waals surface area (Å²) in [5, 5.41) is -2.97. The monoisotopic (exact) mass is 533 g/mol. The van der Waals surface area contributed by atoms with Crippen LogP contribution in [0.15, 0.2) is 58.3 Å². The summed E-state index contributed by atoms with van der Waals surface area (Å²) in [4.78, 5) is -1.90. The average molecular weight is 533 g/mol. The molecule has 2 aromatic rings. The molecule has 0 spiro atoms. The van der Waals surface area contributed by atoms with E-state index >= 15 is 4.39 Å². The maximum atomic E-state index is 15.4. The average Bonchev–Trinajstić information content (AvgIpc) is 2.74. The van der Waals surface area contributed by atoms with Crippen molar-refractivity contribution in [2.75, 3.05) is 0 Å². The van der Waals surface area contributed by atoms with Crippen LogP contribution in [0.2, 0.25) is 0 Å². The lowest BCUT2D eigenvalue weighted by Crippen LogP contribution is -2.45. The van der Waals surface area contributed by atoms with Gasteiger partial charge in [0.15, 0.2) is 0 Å². The summed E-state index contributed by atoms with van der Waals surface area (Å²) < 4.78 is 146. The van der Waals surface area contributed by atoms with E-state index in [0.29, 0.717) is 18.2 Å². The Bertz CT molecular complexity index is 1260. The van der Waals surface area contributed by atoms with Crippen LogP contribution < -0.4 is 4.72 Å². The summed E-state index contributed by atoms with van der Waals surface area (Å²) in [7, 11) is -9.57. The molecular formula is C20H18F7NO4S2. The molecule has 0 bridgehead atoms. The Labute approximate surface area is 190 Å². The van der Waals surface area contributed by atoms with Crippen LogP contribution in [0, 0.1) is 0 Å². The lowest BCUT2D eigenvalue weighted by Gasteiger charge is -2.33. The molecule has 2 aromatic carbocycles. The van der Waals surface area contributed by atoms with Crippen molar-refractivity contribution in [3.63, 3.8) is 0 Å². The van der Waals surface area contributed by atoms with Gasteiger partial charge in [0, 0.05) is 6.04 Å². The van der Waals surface area contributed by atoms with Crippen LogP contribution >= 0.6 is 0 Å². The van der Waals surface area contributed by atoms with Crippen LogP contribution in [0.5, 0.6) is 0 Å². The van der Waals surface area contributed by atoms with E-state index in [0.717, 1.165) is 30.3 Å². The molecule has 0 saturated heterocycles. The fourth-order valence-corrected chi connectivity index (χ4v) is 6.97. The zero-order chi connectivity index (χ0) is 25.6. The van der Waals surface area contributed by atoms with Gasteiger partial charge in [-0.2, -0.15) is 26.3 Å². The highest BCUT2D eigenvalue weighted by molar-refractivity contribution is 7.92. The van der Waals surface area contributed by atoms with Gasteiger partial charge in [-0.15, -0.1) is 0 Å². The maximum absolute atomic E-state index is 15.4. The molecular weight excluding hydrogens is 515 g/mol. The minimum Gasteiger partial charge on any atom is -0.226 e. The van der Waals surface area contributed by atoms with Gasteiger partial charge in [-0.25, -0.2) is 25.9 Å². The van der Waals surface area contributed by atoms with Crippen LogP contribution in [0.1, 0.15) is 36.8 Å². The number of rotatable bonds is 5. The van der Waals surface area contributed by atoms with Gasteiger partial charge in [0.2, 0.25) is 24.9 Å². The standard InChI is InChI=1S/C20H18F7NO4S2/c21-18(33(29,30)15-5-3-4-13(12-15)19(22,23)24)10-8-14(9-11-18)28-34(31,32)17-7-2-1-6-16(17)20(25,26)27/h1-7,12,14,28H,8-11H2/t14-,18-. The number of hydrogen-bond acceptors (Lipinski definition) is 4. The molecule has 0 amide bonds. The van der Waals surface area contributed by atoms with Gasteiger partial charge < -0.3 is 0 Å². The van der Waals surface area contributed by atoms with E-state index in [1.54, 1.807) is 0 Å². The molecule has 0 atom stereocenters. The second-order valence-electron chi connectivity index (χ2n) is 7.80. The second kappa shape index (κ2) is 8.79. The summed E-state index contributed by atoms with van der Waals surface area (Å²) >= 11 is 0. The molecule has 1 saturated carbocycles. The van der Waals surface area contributed by atoms with Crippen LogP contribution in [0.25, 0.3) is 0 Å². The normalized spacial score (nSPS) is 22.5. The van der Waals surface area contributed by atoms with Crippen molar-refractivity contribution >= 4 is 19.9 Å². The van der Waals surface area contributed by atoms with E-state index in [-0.39, 0.29) is 0 Å². The number of sulfone groups is 1. The largest absolute Gasteiger partial charge is 0.417 e. The van der Waals surface area contributed by atoms with E-state index in [9.17, 15) is 43.2 Å². The Kier molecular flexibility index (Phi) is 6.83. The molecule has 1 fully saturated rings. The number of benzene rings is 2. The highest BCUT2D eigenvalue weighted by Gasteiger charge is 2.49. The van der Waals surface area contributed by atoms with Crippen molar-refractivity contribution < 1.29 is 47.6 Å². The first-order valence-electron chi connectivity index (χ1n) is 9.77. The SMILES string of the molecule is O=S(=O)(N[C@H]1CC[C@](F)(S(=O)(=O)c2cccc(C(F)(F)F)c2)CC1)c1ccccc1C(F)(F)F. The molecule has 14 heteroatoms. The Hall–Kier alpha value is -2.19. The van der Waals surface area contributed by atoms with Crippen LogP contribution in [0.3, 0.4) is 0 Å². The summed E-state index contributed by atoms with van der Waals surface area (Å²) in [6.45, 7) is 0. The van der Waals surface area contributed by atoms with E-state index in [1.807, 2.05) is 4.72 Å². The molecule has 1 aliphatic carbocycles. The molecule has 5 nitrogen and oxygen atoms in total. The summed E-state index contributed by atoms with van der Waals surface area (Å²) in [5.41, 5.74) is -2.67. The molecule has 34 heavy (non-hydrogen) atoms. The molecule has 0 aromatic heterocycles. The van der Waals surface area contributed by atoms with Crippen molar-refractivity contribution in [1.82, 2.24) is 4.72 Å². The number of nitrogens with one attached hydrogen (secondary N) is 1. The van der Waals surface area contributed by atoms with Gasteiger partial charge in [-0.05, 0) is 56.0 Å². The van der Waals surface area contributed by atoms with E-state index in [2.05, 4.69) is 0 Å². The van der Waals surface area contributed by atoms with Gasteiger partial charge in [0.1, 0.15) is 0 Å². The van der Waals surface area contributed by atoms with Crippen LogP contribution in [0.4, 0.5) is 30.7 Å². The highest BCUT2D eigenvalue weighted by atomic mass is 32.2. The fraction of sp³-hybridized carbons (Fsp3) is 0.400. The third-order valence-corrected chi connectivity index (χ3v) is 9.31. The predicted molar refractivity (Wildman–Crippen MR) is 106 cm³/mol. The fourth-order valence-electron chi connectivity index (χ4n) is 3.70. The molecule has 0 aliphatic heterocycles. The van der Waals surface area contributed by atoms with Crippen molar-refractivity contribution in [3.8, 4) is 0 Å². The van der Waals surface area contributed by atoms with E-state index < -0.39 is 89.9 Å². The van der Waals surface area contributed by atoms with Crippen LogP contribution in [-0.2, 0) is 32.2 Å². The van der Waals surface area contributed by atoms with Gasteiger partial charge in [0.05, 0.1) is 20.9 Å². The predicted octanol–water partition coefficient (Wildman–Crippen LogP) is 5.08. The summed E-state index contributed by atoms with van der Waals surface area (Å²) in [6.07, 6.45) is -12.1. The Morgan fingerprint density at radius 2 is 1.41 bits per heavy atom. The molecule has 1 aliphatic rings. The molecule has 0 radical (unpaired) electrons. The second-order valence-corrected chi connectivity index (χ2v) is 11.7. The number of hydrogen-bond donors (Lipinski definition) is 1. The Morgan fingerprint density at radius 3 is 1.97 bits per heavy atom. The number of alkyl halides is 7. The van der Waals surface area contributed by atoms with E-state index in [4.69, 9.17) is 0 Å². The minimum absolute atomic E-state index is 0.319. The van der Waals surface area contributed by atoms with E-state index in [1.165, 1.54) is 0 Å². The molecule has 0 unspecified atom stereocenters. The summed E-state index contributed by atoms with van der Waals surface area (Å²) in [5.74, 6) is 0. The zero-order valence-electron chi connectivity index (χ0n) is 17.1. The maximum Gasteiger partial charge on any atom is 0.417 e. The number of halogens is 7. The molecule has 188 valence electrons. The van der Waals surface area contributed by atoms with Crippen molar-refractivity contribution in [2.24, 2.45) is 0 Å². The first kappa shape index (κ1) is 26.4. The first-order chi connectivity index (χ1) is 15.5. The minimum atomic E-state index is -4.95. The zero-order valence-corrected chi connectivity index (χ0v) is 18.8. The highest BCUT2D eigenvalue weighted by Crippen LogP contribution is 2.42. The lowest BCUT2D eigenvalue weighted by atomic mass is 9.94. The summed E-state index contributed by atoms with van der Waals surface area (Å²) in [6, 6.07) is 4.98. The van der Waals surface area contributed by atoms with Gasteiger partial charge in [0.25, 0.3) is 0 Å². The topological polar surface area (TPSA) is 80.3 Å². The molecule has 1 N–H and O–H groups in total. The molecule has 3 rings (SSSR count). The third kappa shape index (κ3) is 5.23. The van der Waals surface area contributed by atoms with Gasteiger partial charge in [-0.3, -0.25) is 0 Å². The van der Waals surface area contributed by atoms with Crippen LogP contribution in [-0.4, -0.2) is 27.9 Å². The molecule has 0 heterocycles. The Balaban J connectivity index is 1.79. The van der Waals surface area contributed by atoms with Crippen molar-refractivity contribution in [3.05, 3.63) is 59.7 Å². The van der Waals surface area contributed by atoms with Gasteiger partial charge in [-0.1, -0.05) is 18.2 Å². The third-order valence-electron chi connectivity index (χ3n) is 5.49. The lowest BCUT2D eigenvalue weighted by molar-refractivity contribution is -0.140. The first-order valence-corrected chi connectivity index (χ1v) is 12.7. The van der Waals surface area contributed by atoms with Crippen molar-refractivity contribution in [2.45, 2.75) is 58.9 Å².